The largest absolute Gasteiger partial charge is 0.319 e. The summed E-state index contributed by atoms with van der Waals surface area (Å²) in [4.78, 5) is 28.8. The molecule has 1 aliphatic heterocycles. The van der Waals surface area contributed by atoms with Gasteiger partial charge in [-0.2, -0.15) is 0 Å². The zero-order chi connectivity index (χ0) is 23.5. The molecule has 0 radical (unpaired) electrons. The number of nitrogens with two attached hydrogens (primary N) is 1. The van der Waals surface area contributed by atoms with Crippen molar-refractivity contribution < 1.29 is 14.0 Å². The summed E-state index contributed by atoms with van der Waals surface area (Å²) in [5.41, 5.74) is 9.18. The molecule has 3 aromatic rings. The third kappa shape index (κ3) is 5.99. The topological polar surface area (TPSA) is 63.4 Å². The fourth-order valence-electron chi connectivity index (χ4n) is 3.83. The summed E-state index contributed by atoms with van der Waals surface area (Å²) in [6.45, 7) is 2.28. The highest BCUT2D eigenvalue weighted by Gasteiger charge is 2.29. The van der Waals surface area contributed by atoms with Crippen LogP contribution in [-0.2, 0) is 11.3 Å². The minimum absolute atomic E-state index is 0. The van der Waals surface area contributed by atoms with Crippen LogP contribution in [0, 0.1) is 5.82 Å². The molecule has 0 saturated carbocycles. The summed E-state index contributed by atoms with van der Waals surface area (Å²) in [7, 11) is 0. The van der Waals surface area contributed by atoms with Gasteiger partial charge in [-0.05, 0) is 53.4 Å². The number of ketones is 1. The molecule has 0 unspecified atom stereocenters. The molecule has 0 aromatic heterocycles. The lowest BCUT2D eigenvalue weighted by molar-refractivity contribution is -0.119. The molecular weight excluding hydrogens is 494 g/mol. The Labute approximate surface area is 214 Å². The molecule has 0 saturated heterocycles. The summed E-state index contributed by atoms with van der Waals surface area (Å²) in [5, 5.41) is 0.622. The molecule has 2 N–H and O–H groups in total. The molecule has 0 fully saturated rings. The first-order valence-corrected chi connectivity index (χ1v) is 12.0. The van der Waals surface area contributed by atoms with E-state index in [1.165, 1.54) is 23.9 Å². The van der Waals surface area contributed by atoms with E-state index in [4.69, 9.17) is 17.3 Å². The lowest BCUT2D eigenvalue weighted by atomic mass is 9.93. The lowest BCUT2D eigenvalue weighted by Crippen LogP contribution is -2.44. The Morgan fingerprint density at radius 2 is 1.82 bits per heavy atom. The Morgan fingerprint density at radius 1 is 1.15 bits per heavy atom. The number of thioether (sulfide) groups is 1. The van der Waals surface area contributed by atoms with Gasteiger partial charge >= 0.3 is 0 Å². The van der Waals surface area contributed by atoms with E-state index in [9.17, 15) is 14.0 Å². The third-order valence-corrected chi connectivity index (χ3v) is 7.19. The SMILES string of the molecule is C[C@@H](CC(=O)c1ccc2c(c1)N(Cc1ccc(Cl)cc1)C(=O)[C@@H](N)CS2)c1ccc(F)cc1.Cl. The zero-order valence-corrected chi connectivity index (χ0v) is 20.9. The monoisotopic (exact) mass is 518 g/mol. The van der Waals surface area contributed by atoms with Gasteiger partial charge in [0.15, 0.2) is 5.78 Å². The van der Waals surface area contributed by atoms with Crippen LogP contribution >= 0.6 is 35.8 Å². The Bertz CT molecular complexity index is 1170. The molecule has 8 heteroatoms. The summed E-state index contributed by atoms with van der Waals surface area (Å²) < 4.78 is 13.2. The van der Waals surface area contributed by atoms with Gasteiger partial charge in [-0.3, -0.25) is 9.59 Å². The molecule has 0 aliphatic carbocycles. The molecule has 0 bridgehead atoms. The Hall–Kier alpha value is -2.38. The van der Waals surface area contributed by atoms with Crippen LogP contribution in [0.1, 0.15) is 40.7 Å². The molecule has 0 spiro atoms. The second kappa shape index (κ2) is 11.4. The van der Waals surface area contributed by atoms with Gasteiger partial charge in [-0.15, -0.1) is 24.2 Å². The number of fused-ring (bicyclic) bond motifs is 1. The lowest BCUT2D eigenvalue weighted by Gasteiger charge is -2.25. The number of anilines is 1. The average molecular weight is 519 g/mol. The number of benzene rings is 3. The van der Waals surface area contributed by atoms with Gasteiger partial charge in [-0.25, -0.2) is 4.39 Å². The molecule has 4 rings (SSSR count). The number of carbonyl (C=O) groups excluding carboxylic acids is 2. The van der Waals surface area contributed by atoms with E-state index in [1.54, 1.807) is 41.3 Å². The van der Waals surface area contributed by atoms with E-state index >= 15 is 0 Å². The van der Waals surface area contributed by atoms with Crippen LogP contribution in [0.4, 0.5) is 10.1 Å². The van der Waals surface area contributed by atoms with Crippen LogP contribution < -0.4 is 10.6 Å². The molecule has 3 aromatic carbocycles. The normalized spacial score (nSPS) is 16.3. The first-order chi connectivity index (χ1) is 15.8. The highest BCUT2D eigenvalue weighted by Crippen LogP contribution is 2.36. The highest BCUT2D eigenvalue weighted by atomic mass is 35.5. The maximum absolute atomic E-state index is 13.2. The van der Waals surface area contributed by atoms with Crippen LogP contribution in [0.2, 0.25) is 5.02 Å². The number of hydrogen-bond donors (Lipinski definition) is 1. The van der Waals surface area contributed by atoms with Crippen LogP contribution in [-0.4, -0.2) is 23.5 Å². The van der Waals surface area contributed by atoms with Crippen molar-refractivity contribution in [2.24, 2.45) is 5.73 Å². The van der Waals surface area contributed by atoms with Gasteiger partial charge < -0.3 is 10.6 Å². The minimum Gasteiger partial charge on any atom is -0.319 e. The van der Waals surface area contributed by atoms with Gasteiger partial charge in [0.25, 0.3) is 0 Å². The van der Waals surface area contributed by atoms with E-state index in [0.29, 0.717) is 28.6 Å². The van der Waals surface area contributed by atoms with Crippen molar-refractivity contribution in [3.8, 4) is 0 Å². The molecule has 1 aliphatic rings. The Balaban J connectivity index is 0.00000324. The number of halogens is 3. The first kappa shape index (κ1) is 26.2. The molecule has 1 heterocycles. The molecule has 178 valence electrons. The maximum Gasteiger partial charge on any atom is 0.245 e. The van der Waals surface area contributed by atoms with E-state index in [2.05, 4.69) is 0 Å². The second-order valence-electron chi connectivity index (χ2n) is 8.23. The van der Waals surface area contributed by atoms with Crippen LogP contribution in [0.15, 0.2) is 71.6 Å². The van der Waals surface area contributed by atoms with E-state index in [1.807, 2.05) is 25.1 Å². The van der Waals surface area contributed by atoms with E-state index in [0.717, 1.165) is 16.0 Å². The molecule has 4 nitrogen and oxygen atoms in total. The number of hydrogen-bond acceptors (Lipinski definition) is 4. The van der Waals surface area contributed by atoms with Crippen LogP contribution in [0.25, 0.3) is 0 Å². The molecule has 1 amide bonds. The third-order valence-electron chi connectivity index (χ3n) is 5.76. The van der Waals surface area contributed by atoms with Gasteiger partial charge in [0.05, 0.1) is 18.3 Å². The summed E-state index contributed by atoms with van der Waals surface area (Å²) in [6.07, 6.45) is 0.280. The summed E-state index contributed by atoms with van der Waals surface area (Å²) in [6, 6.07) is 18.4. The van der Waals surface area contributed by atoms with Crippen molar-refractivity contribution >= 4 is 53.1 Å². The zero-order valence-electron chi connectivity index (χ0n) is 18.5. The standard InChI is InChI=1S/C26H24ClFN2O2S.ClH/c1-16(18-4-9-21(28)10-5-18)12-24(31)19-6-11-25-23(13-19)30(26(32)22(29)15-33-25)14-17-2-7-20(27)8-3-17;/h2-11,13,16,22H,12,14-15,29H2,1H3;1H/t16-,22-;/m0./s1. The summed E-state index contributed by atoms with van der Waals surface area (Å²) >= 11 is 7.52. The number of rotatable bonds is 6. The number of nitrogens with zero attached hydrogens (tertiary/aromatic N) is 1. The van der Waals surface area contributed by atoms with E-state index in [-0.39, 0.29) is 42.3 Å². The smallest absolute Gasteiger partial charge is 0.245 e. The maximum atomic E-state index is 13.2. The quantitative estimate of drug-likeness (QED) is 0.392. The van der Waals surface area contributed by atoms with Crippen LogP contribution in [0.5, 0.6) is 0 Å². The highest BCUT2D eigenvalue weighted by molar-refractivity contribution is 7.99. The van der Waals surface area contributed by atoms with Gasteiger partial charge in [-0.1, -0.05) is 48.9 Å². The predicted octanol–water partition coefficient (Wildman–Crippen LogP) is 6.24. The number of Topliss-reactive ketones (excluding diaryl/α,β-unsaturated/α-hetero) is 1. The minimum atomic E-state index is -0.632. The van der Waals surface area contributed by atoms with Crippen molar-refractivity contribution in [2.75, 3.05) is 10.7 Å². The van der Waals surface area contributed by atoms with Gasteiger partial charge in [0, 0.05) is 27.7 Å². The predicted molar refractivity (Wildman–Crippen MR) is 139 cm³/mol. The molecule has 34 heavy (non-hydrogen) atoms. The fourth-order valence-corrected chi connectivity index (χ4v) is 4.94. The van der Waals surface area contributed by atoms with Crippen molar-refractivity contribution in [1.29, 1.82) is 0 Å². The van der Waals surface area contributed by atoms with E-state index < -0.39 is 6.04 Å². The number of amides is 1. The fraction of sp³-hybridized carbons (Fsp3) is 0.231. The van der Waals surface area contributed by atoms with Crippen LogP contribution in [0.3, 0.4) is 0 Å². The Morgan fingerprint density at radius 3 is 2.50 bits per heavy atom. The molecule has 2 atom stereocenters. The van der Waals surface area contributed by atoms with Gasteiger partial charge in [0.1, 0.15) is 5.82 Å². The first-order valence-electron chi connectivity index (χ1n) is 10.7. The van der Waals surface area contributed by atoms with Gasteiger partial charge in [0.2, 0.25) is 5.91 Å². The average Bonchev–Trinajstić information content (AvgIpc) is 2.92. The van der Waals surface area contributed by atoms with Crippen molar-refractivity contribution in [2.45, 2.75) is 36.7 Å². The van der Waals surface area contributed by atoms with Crippen molar-refractivity contribution in [3.63, 3.8) is 0 Å². The van der Waals surface area contributed by atoms with Crippen molar-refractivity contribution in [3.05, 3.63) is 94.3 Å². The summed E-state index contributed by atoms with van der Waals surface area (Å²) in [5.74, 6) is -0.110. The number of carbonyl (C=O) groups is 2. The Kier molecular flexibility index (Phi) is 8.77. The second-order valence-corrected chi connectivity index (χ2v) is 9.73. The molecular formula is C26H25Cl2FN2O2S. The van der Waals surface area contributed by atoms with Crippen molar-refractivity contribution in [1.82, 2.24) is 0 Å².